The number of carbonyl (C=O) groups excluding carboxylic acids is 1. The first-order chi connectivity index (χ1) is 14.7. The molecule has 2 aromatic rings. The summed E-state index contributed by atoms with van der Waals surface area (Å²) < 4.78 is 11.0. The first-order valence-corrected chi connectivity index (χ1v) is 11.3. The van der Waals surface area contributed by atoms with Crippen molar-refractivity contribution in [1.82, 2.24) is 15.0 Å². The van der Waals surface area contributed by atoms with Crippen molar-refractivity contribution >= 4 is 5.91 Å². The van der Waals surface area contributed by atoms with Crippen molar-refractivity contribution in [2.75, 3.05) is 32.8 Å². The molecule has 0 radical (unpaired) electrons. The molecule has 6 heteroatoms. The van der Waals surface area contributed by atoms with E-state index in [0.29, 0.717) is 31.0 Å². The smallest absolute Gasteiger partial charge is 0.226 e. The minimum Gasteiger partial charge on any atom is -0.381 e. The van der Waals surface area contributed by atoms with Gasteiger partial charge in [0.1, 0.15) is 0 Å². The lowest BCUT2D eigenvalue weighted by molar-refractivity contribution is -0.140. The van der Waals surface area contributed by atoms with Crippen LogP contribution in [0.4, 0.5) is 0 Å². The summed E-state index contributed by atoms with van der Waals surface area (Å²) in [5.74, 6) is 2.35. The normalized spacial score (nSPS) is 27.5. The highest BCUT2D eigenvalue weighted by Crippen LogP contribution is 2.46. The number of hydrogen-bond donors (Lipinski definition) is 0. The molecule has 0 N–H and O–H groups in total. The number of hydrogen-bond acceptors (Lipinski definition) is 5. The molecular formula is C24H31N3O3. The van der Waals surface area contributed by atoms with Gasteiger partial charge in [-0.2, -0.15) is 0 Å². The van der Waals surface area contributed by atoms with Crippen LogP contribution in [0.15, 0.2) is 40.9 Å². The number of benzene rings is 1. The monoisotopic (exact) mass is 409 g/mol. The molecule has 1 aromatic carbocycles. The Hall–Kier alpha value is -2.18. The summed E-state index contributed by atoms with van der Waals surface area (Å²) in [6.07, 6.45) is 2.60. The van der Waals surface area contributed by atoms with E-state index in [0.717, 1.165) is 56.9 Å². The first kappa shape index (κ1) is 19.8. The Morgan fingerprint density at radius 2 is 1.93 bits per heavy atom. The van der Waals surface area contributed by atoms with Crippen LogP contribution in [0.1, 0.15) is 42.8 Å². The van der Waals surface area contributed by atoms with Crippen molar-refractivity contribution in [3.05, 3.63) is 53.4 Å². The molecule has 3 saturated heterocycles. The predicted octanol–water partition coefficient (Wildman–Crippen LogP) is 3.30. The van der Waals surface area contributed by atoms with Crippen LogP contribution < -0.4 is 0 Å². The molecule has 5 rings (SSSR count). The lowest BCUT2D eigenvalue weighted by Crippen LogP contribution is -2.40. The summed E-state index contributed by atoms with van der Waals surface area (Å²) in [4.78, 5) is 18.1. The number of rotatable bonds is 5. The van der Waals surface area contributed by atoms with Gasteiger partial charge in [0.2, 0.25) is 5.91 Å². The van der Waals surface area contributed by atoms with E-state index < -0.39 is 0 Å². The molecular weight excluding hydrogens is 378 g/mol. The summed E-state index contributed by atoms with van der Waals surface area (Å²) in [5, 5.41) is 4.13. The Bertz CT molecular complexity index is 862. The predicted molar refractivity (Wildman–Crippen MR) is 113 cm³/mol. The van der Waals surface area contributed by atoms with E-state index in [1.54, 1.807) is 0 Å². The number of amides is 1. The molecule has 3 atom stereocenters. The highest BCUT2D eigenvalue weighted by Gasteiger charge is 2.50. The van der Waals surface area contributed by atoms with Gasteiger partial charge in [0.25, 0.3) is 0 Å². The number of aryl methyl sites for hydroxylation is 1. The van der Waals surface area contributed by atoms with Crippen LogP contribution >= 0.6 is 0 Å². The molecule has 4 heterocycles. The van der Waals surface area contributed by atoms with Gasteiger partial charge in [-0.25, -0.2) is 0 Å². The number of likely N-dealkylation sites (tertiary alicyclic amines) is 2. The Labute approximate surface area is 178 Å². The third kappa shape index (κ3) is 3.79. The molecule has 3 aliphatic rings. The van der Waals surface area contributed by atoms with Gasteiger partial charge in [-0.1, -0.05) is 42.4 Å². The quantitative estimate of drug-likeness (QED) is 0.758. The van der Waals surface area contributed by atoms with Gasteiger partial charge in [-0.15, -0.1) is 0 Å². The maximum absolute atomic E-state index is 13.5. The lowest BCUT2D eigenvalue weighted by atomic mass is 9.89. The van der Waals surface area contributed by atoms with Crippen molar-refractivity contribution in [1.29, 1.82) is 0 Å². The summed E-state index contributed by atoms with van der Waals surface area (Å²) in [5.41, 5.74) is 2.28. The zero-order valence-corrected chi connectivity index (χ0v) is 17.7. The number of aromatic nitrogens is 1. The second-order valence-electron chi connectivity index (χ2n) is 8.99. The average molecular weight is 410 g/mol. The maximum atomic E-state index is 13.5. The third-order valence-electron chi connectivity index (χ3n) is 7.08. The minimum absolute atomic E-state index is 0.113. The Kier molecular flexibility index (Phi) is 5.61. The average Bonchev–Trinajstić information content (AvgIpc) is 3.49. The van der Waals surface area contributed by atoms with E-state index in [-0.39, 0.29) is 12.0 Å². The summed E-state index contributed by atoms with van der Waals surface area (Å²) in [6, 6.07) is 12.8. The van der Waals surface area contributed by atoms with Crippen molar-refractivity contribution in [2.45, 2.75) is 38.8 Å². The number of ether oxygens (including phenoxy) is 1. The summed E-state index contributed by atoms with van der Waals surface area (Å²) in [7, 11) is 0. The molecule has 0 unspecified atom stereocenters. The van der Waals surface area contributed by atoms with Crippen LogP contribution in [0.3, 0.4) is 0 Å². The molecule has 30 heavy (non-hydrogen) atoms. The molecule has 6 nitrogen and oxygen atoms in total. The number of nitrogens with zero attached hydrogens (tertiary/aromatic N) is 3. The Balaban J connectivity index is 1.34. The summed E-state index contributed by atoms with van der Waals surface area (Å²) in [6.45, 7) is 7.16. The van der Waals surface area contributed by atoms with Crippen molar-refractivity contribution in [3.8, 4) is 0 Å². The van der Waals surface area contributed by atoms with Crippen LogP contribution in [-0.4, -0.2) is 53.7 Å². The van der Waals surface area contributed by atoms with Crippen LogP contribution in [0.25, 0.3) is 0 Å². The van der Waals surface area contributed by atoms with Crippen molar-refractivity contribution < 1.29 is 14.1 Å². The van der Waals surface area contributed by atoms with Crippen molar-refractivity contribution in [2.24, 2.45) is 17.8 Å². The molecule has 0 spiro atoms. The van der Waals surface area contributed by atoms with Gasteiger partial charge < -0.3 is 14.2 Å². The maximum Gasteiger partial charge on any atom is 0.226 e. The number of fused-ring (bicyclic) bond motifs is 1. The van der Waals surface area contributed by atoms with Crippen LogP contribution in [0, 0.1) is 17.8 Å². The Morgan fingerprint density at radius 1 is 1.13 bits per heavy atom. The first-order valence-electron chi connectivity index (χ1n) is 11.3. The SMILES string of the molecule is CCc1cc(CN2C[C@H]3CN(C(=O)C4CCOCC4)[C@H](c4ccccc4)[C@H]3C2)on1. The van der Waals surface area contributed by atoms with Gasteiger partial charge in [-0.05, 0) is 30.7 Å². The topological polar surface area (TPSA) is 58.8 Å². The van der Waals surface area contributed by atoms with E-state index in [9.17, 15) is 4.79 Å². The minimum atomic E-state index is 0.113. The zero-order valence-electron chi connectivity index (χ0n) is 17.7. The fourth-order valence-corrected chi connectivity index (χ4v) is 5.57. The molecule has 160 valence electrons. The van der Waals surface area contributed by atoms with E-state index in [1.165, 1.54) is 5.56 Å². The van der Waals surface area contributed by atoms with Gasteiger partial charge in [-0.3, -0.25) is 9.69 Å². The standard InChI is InChI=1S/C24H31N3O3/c1-2-20-12-21(30-25-20)15-26-13-19-14-27(24(28)18-8-10-29-11-9-18)23(22(19)16-26)17-6-4-3-5-7-17/h3-7,12,18-19,22-23H,2,8-11,13-16H2,1H3/t19-,22-,23+/m0/s1. The molecule has 0 aliphatic carbocycles. The molecule has 3 aliphatic heterocycles. The van der Waals surface area contributed by atoms with E-state index >= 15 is 0 Å². The van der Waals surface area contributed by atoms with Crippen LogP contribution in [0.2, 0.25) is 0 Å². The highest BCUT2D eigenvalue weighted by atomic mass is 16.5. The molecule has 0 saturated carbocycles. The van der Waals surface area contributed by atoms with E-state index in [1.807, 2.05) is 0 Å². The fraction of sp³-hybridized carbons (Fsp3) is 0.583. The van der Waals surface area contributed by atoms with Crippen LogP contribution in [0.5, 0.6) is 0 Å². The van der Waals surface area contributed by atoms with Gasteiger partial charge in [0, 0.05) is 50.8 Å². The zero-order chi connectivity index (χ0) is 20.5. The lowest BCUT2D eigenvalue weighted by Gasteiger charge is -2.33. The second-order valence-corrected chi connectivity index (χ2v) is 8.99. The second kappa shape index (κ2) is 8.52. The third-order valence-corrected chi connectivity index (χ3v) is 7.08. The van der Waals surface area contributed by atoms with Gasteiger partial charge in [0.05, 0.1) is 18.3 Å². The van der Waals surface area contributed by atoms with Gasteiger partial charge >= 0.3 is 0 Å². The highest BCUT2D eigenvalue weighted by molar-refractivity contribution is 5.80. The molecule has 3 fully saturated rings. The van der Waals surface area contributed by atoms with Gasteiger partial charge in [0.15, 0.2) is 5.76 Å². The largest absolute Gasteiger partial charge is 0.381 e. The summed E-state index contributed by atoms with van der Waals surface area (Å²) >= 11 is 0. The van der Waals surface area contributed by atoms with Crippen LogP contribution in [-0.2, 0) is 22.5 Å². The van der Waals surface area contributed by atoms with E-state index in [2.05, 4.69) is 58.3 Å². The molecule has 1 aromatic heterocycles. The Morgan fingerprint density at radius 3 is 2.67 bits per heavy atom. The van der Waals surface area contributed by atoms with Crippen molar-refractivity contribution in [3.63, 3.8) is 0 Å². The molecule has 0 bridgehead atoms. The fourth-order valence-electron chi connectivity index (χ4n) is 5.57. The van der Waals surface area contributed by atoms with E-state index in [4.69, 9.17) is 9.26 Å². The molecule has 1 amide bonds. The number of carbonyl (C=O) groups is 1.